The van der Waals surface area contributed by atoms with Gasteiger partial charge in [-0.3, -0.25) is 0 Å². The number of aromatic amines is 1. The van der Waals surface area contributed by atoms with Gasteiger partial charge >= 0.3 is 0 Å². The molecule has 3 nitrogen and oxygen atoms in total. The van der Waals surface area contributed by atoms with Crippen LogP contribution in [-0.4, -0.2) is 20.9 Å². The second-order valence-corrected chi connectivity index (χ2v) is 2.93. The van der Waals surface area contributed by atoms with Crippen molar-refractivity contribution < 1.29 is 0 Å². The lowest BCUT2D eigenvalue weighted by molar-refractivity contribution is 0.974. The van der Waals surface area contributed by atoms with Gasteiger partial charge in [-0.2, -0.15) is 4.98 Å². The Labute approximate surface area is 62.2 Å². The van der Waals surface area contributed by atoms with E-state index >= 15 is 0 Å². The quantitative estimate of drug-likeness (QED) is 0.673. The fourth-order valence-electron chi connectivity index (χ4n) is 0.422. The lowest BCUT2D eigenvalue weighted by Gasteiger charge is -1.82. The molecule has 0 radical (unpaired) electrons. The molecule has 0 bridgehead atoms. The summed E-state index contributed by atoms with van der Waals surface area (Å²) in [5, 5.41) is 7.40. The van der Waals surface area contributed by atoms with Crippen molar-refractivity contribution in [2.75, 3.05) is 5.75 Å². The molecule has 1 heterocycles. The number of nitrogens with zero attached hydrogens (tertiary/aromatic N) is 2. The van der Waals surface area contributed by atoms with E-state index < -0.39 is 0 Å². The zero-order chi connectivity index (χ0) is 6.69. The van der Waals surface area contributed by atoms with Crippen molar-refractivity contribution in [1.82, 2.24) is 15.2 Å². The summed E-state index contributed by atoms with van der Waals surface area (Å²) in [5.74, 6) is 0.966. The Morgan fingerprint density at radius 3 is 3.00 bits per heavy atom. The average molecular weight is 164 g/mol. The van der Waals surface area contributed by atoms with Crippen molar-refractivity contribution in [3.63, 3.8) is 0 Å². The molecule has 0 unspecified atom stereocenters. The lowest BCUT2D eigenvalue weighted by atomic mass is 11.0. The van der Waals surface area contributed by atoms with E-state index in [0.717, 1.165) is 5.75 Å². The minimum atomic E-state index is 0.353. The standard InChI is InChI=1S/C4H6ClN3S/c1-2-9-4-6-3(5)7-8-4/h2H2,1H3,(H,6,7,8). The highest BCUT2D eigenvalue weighted by molar-refractivity contribution is 7.99. The van der Waals surface area contributed by atoms with Gasteiger partial charge in [0.15, 0.2) is 0 Å². The number of nitrogens with one attached hydrogen (secondary N) is 1. The number of halogens is 1. The molecule has 1 aromatic heterocycles. The number of H-pyrrole nitrogens is 1. The van der Waals surface area contributed by atoms with Gasteiger partial charge in [-0.05, 0) is 17.4 Å². The molecule has 0 saturated carbocycles. The zero-order valence-corrected chi connectivity index (χ0v) is 6.46. The van der Waals surface area contributed by atoms with Crippen molar-refractivity contribution in [3.8, 4) is 0 Å². The van der Waals surface area contributed by atoms with E-state index in [-0.39, 0.29) is 0 Å². The first kappa shape index (κ1) is 6.89. The summed E-state index contributed by atoms with van der Waals surface area (Å²) < 4.78 is 0. The Morgan fingerprint density at radius 1 is 1.78 bits per heavy atom. The van der Waals surface area contributed by atoms with Crippen LogP contribution in [0.3, 0.4) is 0 Å². The third-order valence-electron chi connectivity index (χ3n) is 0.711. The summed E-state index contributed by atoms with van der Waals surface area (Å²) in [6.07, 6.45) is 0. The largest absolute Gasteiger partial charge is 0.249 e. The topological polar surface area (TPSA) is 41.6 Å². The van der Waals surface area contributed by atoms with E-state index in [0.29, 0.717) is 10.4 Å². The smallest absolute Gasteiger partial charge is 0.219 e. The SMILES string of the molecule is CCSc1n[nH]c(Cl)n1. The van der Waals surface area contributed by atoms with Gasteiger partial charge in [0.1, 0.15) is 0 Å². The van der Waals surface area contributed by atoms with E-state index in [1.54, 1.807) is 11.8 Å². The van der Waals surface area contributed by atoms with Gasteiger partial charge in [0.25, 0.3) is 0 Å². The maximum absolute atomic E-state index is 5.45. The van der Waals surface area contributed by atoms with Crippen LogP contribution in [0.1, 0.15) is 6.92 Å². The minimum Gasteiger partial charge on any atom is -0.249 e. The highest BCUT2D eigenvalue weighted by atomic mass is 35.5. The number of thioether (sulfide) groups is 1. The number of hydrogen-bond acceptors (Lipinski definition) is 3. The highest BCUT2D eigenvalue weighted by Gasteiger charge is 1.97. The van der Waals surface area contributed by atoms with E-state index in [2.05, 4.69) is 15.2 Å². The zero-order valence-electron chi connectivity index (χ0n) is 4.89. The van der Waals surface area contributed by atoms with E-state index in [9.17, 15) is 0 Å². The predicted molar refractivity (Wildman–Crippen MR) is 37.8 cm³/mol. The molecule has 0 aliphatic heterocycles. The second kappa shape index (κ2) is 3.08. The fourth-order valence-corrected chi connectivity index (χ4v) is 1.12. The van der Waals surface area contributed by atoms with Gasteiger partial charge < -0.3 is 0 Å². The third kappa shape index (κ3) is 1.87. The van der Waals surface area contributed by atoms with Gasteiger partial charge in [-0.25, -0.2) is 5.10 Å². The van der Waals surface area contributed by atoms with Gasteiger partial charge in [0.2, 0.25) is 10.4 Å². The summed E-state index contributed by atoms with van der Waals surface area (Å²) in [6, 6.07) is 0. The molecule has 1 rings (SSSR count). The van der Waals surface area contributed by atoms with Gasteiger partial charge in [0.05, 0.1) is 0 Å². The molecular weight excluding hydrogens is 158 g/mol. The van der Waals surface area contributed by atoms with Crippen molar-refractivity contribution in [1.29, 1.82) is 0 Å². The van der Waals surface area contributed by atoms with Crippen LogP contribution in [0.5, 0.6) is 0 Å². The summed E-state index contributed by atoms with van der Waals surface area (Å²) in [7, 11) is 0. The van der Waals surface area contributed by atoms with Crippen LogP contribution >= 0.6 is 23.4 Å². The molecule has 0 spiro atoms. The first-order chi connectivity index (χ1) is 4.33. The molecule has 0 aromatic carbocycles. The molecule has 0 atom stereocenters. The molecule has 1 N–H and O–H groups in total. The number of rotatable bonds is 2. The van der Waals surface area contributed by atoms with Crippen LogP contribution in [0.2, 0.25) is 5.28 Å². The Bertz CT molecular complexity index is 188. The van der Waals surface area contributed by atoms with Crippen LogP contribution < -0.4 is 0 Å². The monoisotopic (exact) mass is 163 g/mol. The molecule has 0 amide bonds. The third-order valence-corrected chi connectivity index (χ3v) is 1.61. The molecule has 5 heteroatoms. The number of aromatic nitrogens is 3. The normalized spacial score (nSPS) is 10.0. The highest BCUT2D eigenvalue weighted by Crippen LogP contribution is 2.12. The molecule has 0 fully saturated rings. The predicted octanol–water partition coefficient (Wildman–Crippen LogP) is 1.57. The van der Waals surface area contributed by atoms with Gasteiger partial charge in [-0.15, -0.1) is 5.10 Å². The fraction of sp³-hybridized carbons (Fsp3) is 0.500. The van der Waals surface area contributed by atoms with Crippen molar-refractivity contribution in [3.05, 3.63) is 5.28 Å². The Kier molecular flexibility index (Phi) is 2.36. The molecular formula is C4H6ClN3S. The van der Waals surface area contributed by atoms with E-state index in [4.69, 9.17) is 11.6 Å². The van der Waals surface area contributed by atoms with Crippen molar-refractivity contribution in [2.45, 2.75) is 12.1 Å². The first-order valence-corrected chi connectivity index (χ1v) is 3.90. The summed E-state index contributed by atoms with van der Waals surface area (Å²) in [4.78, 5) is 3.86. The Morgan fingerprint density at radius 2 is 2.56 bits per heavy atom. The maximum Gasteiger partial charge on any atom is 0.219 e. The summed E-state index contributed by atoms with van der Waals surface area (Å²) in [6.45, 7) is 2.04. The number of hydrogen-bond donors (Lipinski definition) is 1. The van der Waals surface area contributed by atoms with Crippen LogP contribution in [-0.2, 0) is 0 Å². The van der Waals surface area contributed by atoms with Crippen LogP contribution in [0.15, 0.2) is 5.16 Å². The van der Waals surface area contributed by atoms with Crippen LogP contribution in [0.4, 0.5) is 0 Å². The van der Waals surface area contributed by atoms with Gasteiger partial charge in [-0.1, -0.05) is 18.7 Å². The molecule has 9 heavy (non-hydrogen) atoms. The van der Waals surface area contributed by atoms with E-state index in [1.165, 1.54) is 0 Å². The Hall–Kier alpha value is -0.220. The van der Waals surface area contributed by atoms with Crippen molar-refractivity contribution >= 4 is 23.4 Å². The second-order valence-electron chi connectivity index (χ2n) is 1.34. The van der Waals surface area contributed by atoms with Crippen LogP contribution in [0, 0.1) is 0 Å². The molecule has 0 aliphatic rings. The molecule has 50 valence electrons. The molecule has 0 saturated heterocycles. The molecule has 1 aromatic rings. The first-order valence-electron chi connectivity index (χ1n) is 2.53. The van der Waals surface area contributed by atoms with Crippen LogP contribution in [0.25, 0.3) is 0 Å². The average Bonchev–Trinajstić information content (AvgIpc) is 2.17. The maximum atomic E-state index is 5.45. The lowest BCUT2D eigenvalue weighted by Crippen LogP contribution is -1.73. The summed E-state index contributed by atoms with van der Waals surface area (Å²) in [5.41, 5.74) is 0. The Balaban J connectivity index is 2.61. The summed E-state index contributed by atoms with van der Waals surface area (Å²) >= 11 is 7.01. The van der Waals surface area contributed by atoms with Gasteiger partial charge in [0, 0.05) is 0 Å². The van der Waals surface area contributed by atoms with Crippen molar-refractivity contribution in [2.24, 2.45) is 0 Å². The van der Waals surface area contributed by atoms with E-state index in [1.807, 2.05) is 6.92 Å². The molecule has 0 aliphatic carbocycles. The minimum absolute atomic E-state index is 0.353.